The second-order valence-corrected chi connectivity index (χ2v) is 5.27. The molecule has 3 aromatic rings. The molecule has 0 saturated heterocycles. The SMILES string of the molecule is CCC(N)c1cc2cccc(Cl)c2c(=O)n1-c1cc[nH]n1. The fraction of sp³-hybridized carbons (Fsp3) is 0.200. The third-order valence-electron chi connectivity index (χ3n) is 3.56. The highest BCUT2D eigenvalue weighted by Crippen LogP contribution is 2.25. The van der Waals surface area contributed by atoms with E-state index in [2.05, 4.69) is 10.2 Å². The van der Waals surface area contributed by atoms with E-state index in [1.165, 1.54) is 4.57 Å². The van der Waals surface area contributed by atoms with Crippen molar-refractivity contribution in [1.29, 1.82) is 0 Å². The zero-order valence-electron chi connectivity index (χ0n) is 11.5. The van der Waals surface area contributed by atoms with Gasteiger partial charge in [0, 0.05) is 24.0 Å². The van der Waals surface area contributed by atoms with Gasteiger partial charge in [-0.2, -0.15) is 5.10 Å². The summed E-state index contributed by atoms with van der Waals surface area (Å²) in [5, 5.41) is 8.52. The molecule has 3 N–H and O–H groups in total. The lowest BCUT2D eigenvalue weighted by Gasteiger charge is -2.17. The molecule has 0 radical (unpaired) electrons. The molecule has 0 spiro atoms. The average molecular weight is 303 g/mol. The van der Waals surface area contributed by atoms with Gasteiger partial charge in [0.05, 0.1) is 10.4 Å². The summed E-state index contributed by atoms with van der Waals surface area (Å²) in [5.74, 6) is 0.515. The number of halogens is 1. The first-order chi connectivity index (χ1) is 10.1. The van der Waals surface area contributed by atoms with Gasteiger partial charge in [0.2, 0.25) is 0 Å². The number of pyridine rings is 1. The number of hydrogen-bond donors (Lipinski definition) is 2. The predicted octanol–water partition coefficient (Wildman–Crippen LogP) is 2.78. The molecule has 108 valence electrons. The Bertz CT molecular complexity index is 839. The van der Waals surface area contributed by atoms with E-state index in [0.717, 1.165) is 17.5 Å². The van der Waals surface area contributed by atoms with Crippen molar-refractivity contribution in [2.45, 2.75) is 19.4 Å². The molecule has 0 saturated carbocycles. The Kier molecular flexibility index (Phi) is 3.53. The van der Waals surface area contributed by atoms with Crippen LogP contribution in [0.1, 0.15) is 25.1 Å². The minimum absolute atomic E-state index is 0.205. The number of aromatic nitrogens is 3. The molecule has 0 aliphatic heterocycles. The van der Waals surface area contributed by atoms with Crippen LogP contribution in [0.25, 0.3) is 16.6 Å². The maximum Gasteiger partial charge on any atom is 0.265 e. The van der Waals surface area contributed by atoms with E-state index in [0.29, 0.717) is 16.2 Å². The Morgan fingerprint density at radius 3 is 2.90 bits per heavy atom. The van der Waals surface area contributed by atoms with E-state index in [9.17, 15) is 4.79 Å². The fourth-order valence-corrected chi connectivity index (χ4v) is 2.70. The Balaban J connectivity index is 2.45. The Hall–Kier alpha value is -2.11. The maximum absolute atomic E-state index is 12.9. The van der Waals surface area contributed by atoms with Crippen molar-refractivity contribution in [2.75, 3.05) is 0 Å². The minimum Gasteiger partial charge on any atom is -0.323 e. The molecule has 0 fully saturated rings. The molecule has 3 rings (SSSR count). The number of nitrogens with two attached hydrogens (primary N) is 1. The van der Waals surface area contributed by atoms with Crippen molar-refractivity contribution < 1.29 is 0 Å². The topological polar surface area (TPSA) is 76.7 Å². The first kappa shape index (κ1) is 13.9. The molecule has 0 aliphatic rings. The molecule has 1 aromatic carbocycles. The van der Waals surface area contributed by atoms with Gasteiger partial charge in [-0.1, -0.05) is 30.7 Å². The van der Waals surface area contributed by atoms with Gasteiger partial charge in [0.25, 0.3) is 5.56 Å². The van der Waals surface area contributed by atoms with Crippen LogP contribution in [0, 0.1) is 0 Å². The fourth-order valence-electron chi connectivity index (χ4n) is 2.43. The third kappa shape index (κ3) is 2.24. The highest BCUT2D eigenvalue weighted by molar-refractivity contribution is 6.35. The number of rotatable bonds is 3. The van der Waals surface area contributed by atoms with Crippen molar-refractivity contribution in [3.63, 3.8) is 0 Å². The summed E-state index contributed by atoms with van der Waals surface area (Å²) >= 11 is 6.19. The largest absolute Gasteiger partial charge is 0.323 e. The van der Waals surface area contributed by atoms with E-state index < -0.39 is 0 Å². The van der Waals surface area contributed by atoms with Crippen molar-refractivity contribution in [1.82, 2.24) is 14.8 Å². The van der Waals surface area contributed by atoms with Gasteiger partial charge in [-0.3, -0.25) is 14.5 Å². The second-order valence-electron chi connectivity index (χ2n) is 4.86. The Morgan fingerprint density at radius 2 is 2.24 bits per heavy atom. The molecular formula is C15H15ClN4O. The van der Waals surface area contributed by atoms with Crippen LogP contribution in [0.3, 0.4) is 0 Å². The standard InChI is InChI=1S/C15H15ClN4O/c1-2-11(17)12-8-9-4-3-5-10(16)14(9)15(21)20(12)13-6-7-18-19-13/h3-8,11H,2,17H2,1H3,(H,18,19). The zero-order valence-corrected chi connectivity index (χ0v) is 12.3. The van der Waals surface area contributed by atoms with Crippen LogP contribution < -0.4 is 11.3 Å². The van der Waals surface area contributed by atoms with Gasteiger partial charge < -0.3 is 5.73 Å². The number of H-pyrrole nitrogens is 1. The lowest BCUT2D eigenvalue weighted by Crippen LogP contribution is -2.27. The molecule has 0 aliphatic carbocycles. The molecule has 0 amide bonds. The smallest absolute Gasteiger partial charge is 0.265 e. The van der Waals surface area contributed by atoms with E-state index in [-0.39, 0.29) is 11.6 Å². The van der Waals surface area contributed by atoms with Gasteiger partial charge in [0.1, 0.15) is 0 Å². The van der Waals surface area contributed by atoms with Gasteiger partial charge in [-0.25, -0.2) is 0 Å². The highest BCUT2D eigenvalue weighted by Gasteiger charge is 2.17. The van der Waals surface area contributed by atoms with Crippen molar-refractivity contribution in [2.24, 2.45) is 5.73 Å². The molecule has 2 heterocycles. The number of nitrogens with one attached hydrogen (secondary N) is 1. The monoisotopic (exact) mass is 302 g/mol. The summed E-state index contributed by atoms with van der Waals surface area (Å²) in [7, 11) is 0. The van der Waals surface area contributed by atoms with Gasteiger partial charge in [-0.05, 0) is 23.9 Å². The van der Waals surface area contributed by atoms with Crippen LogP contribution >= 0.6 is 11.6 Å². The lowest BCUT2D eigenvalue weighted by molar-refractivity contribution is 0.645. The number of hydrogen-bond acceptors (Lipinski definition) is 3. The average Bonchev–Trinajstić information content (AvgIpc) is 2.99. The van der Waals surface area contributed by atoms with Crippen LogP contribution in [0.4, 0.5) is 0 Å². The summed E-state index contributed by atoms with van der Waals surface area (Å²) in [6.45, 7) is 1.98. The summed E-state index contributed by atoms with van der Waals surface area (Å²) in [6.07, 6.45) is 2.38. The molecule has 5 nitrogen and oxygen atoms in total. The number of nitrogens with zero attached hydrogens (tertiary/aromatic N) is 2. The predicted molar refractivity (Wildman–Crippen MR) is 83.9 cm³/mol. The molecule has 0 bridgehead atoms. The number of benzene rings is 1. The van der Waals surface area contributed by atoms with E-state index in [4.69, 9.17) is 17.3 Å². The second kappa shape index (κ2) is 5.35. The number of fused-ring (bicyclic) bond motifs is 1. The van der Waals surface area contributed by atoms with Gasteiger partial charge in [0.15, 0.2) is 5.82 Å². The molecule has 21 heavy (non-hydrogen) atoms. The zero-order chi connectivity index (χ0) is 15.0. The Labute approximate surface area is 126 Å². The molecular weight excluding hydrogens is 288 g/mol. The summed E-state index contributed by atoms with van der Waals surface area (Å²) < 4.78 is 1.53. The van der Waals surface area contributed by atoms with Gasteiger partial charge >= 0.3 is 0 Å². The first-order valence-corrected chi connectivity index (χ1v) is 7.11. The lowest BCUT2D eigenvalue weighted by atomic mass is 10.1. The normalized spacial score (nSPS) is 12.7. The summed E-state index contributed by atoms with van der Waals surface area (Å²) in [4.78, 5) is 12.9. The van der Waals surface area contributed by atoms with Gasteiger partial charge in [-0.15, -0.1) is 0 Å². The number of aromatic amines is 1. The van der Waals surface area contributed by atoms with Crippen molar-refractivity contribution in [3.8, 4) is 5.82 Å². The van der Waals surface area contributed by atoms with E-state index in [1.807, 2.05) is 25.1 Å². The van der Waals surface area contributed by atoms with E-state index >= 15 is 0 Å². The van der Waals surface area contributed by atoms with Crippen LogP contribution in [0.15, 0.2) is 41.3 Å². The summed E-state index contributed by atoms with van der Waals surface area (Å²) in [5.41, 5.74) is 6.69. The molecule has 2 aromatic heterocycles. The van der Waals surface area contributed by atoms with Crippen molar-refractivity contribution >= 4 is 22.4 Å². The van der Waals surface area contributed by atoms with Crippen LogP contribution in [0.5, 0.6) is 0 Å². The quantitative estimate of drug-likeness (QED) is 0.781. The maximum atomic E-state index is 12.9. The van der Waals surface area contributed by atoms with Crippen molar-refractivity contribution in [3.05, 3.63) is 57.6 Å². The van der Waals surface area contributed by atoms with Crippen LogP contribution in [-0.2, 0) is 0 Å². The van der Waals surface area contributed by atoms with Crippen LogP contribution in [0.2, 0.25) is 5.02 Å². The highest BCUT2D eigenvalue weighted by atomic mass is 35.5. The molecule has 1 atom stereocenters. The first-order valence-electron chi connectivity index (χ1n) is 6.73. The Morgan fingerprint density at radius 1 is 1.43 bits per heavy atom. The van der Waals surface area contributed by atoms with E-state index in [1.54, 1.807) is 18.3 Å². The third-order valence-corrected chi connectivity index (χ3v) is 3.87. The molecule has 6 heteroatoms. The summed E-state index contributed by atoms with van der Waals surface area (Å²) in [6, 6.07) is 8.78. The van der Waals surface area contributed by atoms with Crippen LogP contribution in [-0.4, -0.2) is 14.8 Å². The molecule has 1 unspecified atom stereocenters. The minimum atomic E-state index is -0.252.